The highest BCUT2D eigenvalue weighted by Crippen LogP contribution is 2.30. The largest absolute Gasteiger partial charge is 0.493 e. The maximum atomic E-state index is 10.6. The molecule has 0 bridgehead atoms. The molecule has 18 heavy (non-hydrogen) atoms. The van der Waals surface area contributed by atoms with E-state index in [0.717, 1.165) is 5.56 Å². The molecule has 1 atom stereocenters. The lowest BCUT2D eigenvalue weighted by atomic mass is 10.1. The minimum absolute atomic E-state index is 0.172. The van der Waals surface area contributed by atoms with E-state index in [9.17, 15) is 4.79 Å². The summed E-state index contributed by atoms with van der Waals surface area (Å²) in [5, 5.41) is 0. The number of carbonyl (C=O) groups is 1. The topological polar surface area (TPSA) is 87.6 Å². The Hall–Kier alpha value is -1.40. The molecule has 0 aliphatic heterocycles. The second-order valence-corrected chi connectivity index (χ2v) is 4.73. The number of hydrogen-bond acceptors (Lipinski definition) is 5. The van der Waals surface area contributed by atoms with Crippen molar-refractivity contribution in [3.8, 4) is 11.5 Å². The van der Waals surface area contributed by atoms with E-state index in [0.29, 0.717) is 17.3 Å². The zero-order valence-electron chi connectivity index (χ0n) is 10.5. The summed E-state index contributed by atoms with van der Waals surface area (Å²) in [4.78, 5) is 10.6. The van der Waals surface area contributed by atoms with Crippen molar-refractivity contribution in [2.24, 2.45) is 11.5 Å². The van der Waals surface area contributed by atoms with Gasteiger partial charge in [-0.1, -0.05) is 6.07 Å². The molecular formula is C12H18N2O3S. The monoisotopic (exact) mass is 270 g/mol. The van der Waals surface area contributed by atoms with E-state index in [2.05, 4.69) is 0 Å². The molecule has 0 saturated heterocycles. The highest BCUT2D eigenvalue weighted by atomic mass is 32.2. The summed E-state index contributed by atoms with van der Waals surface area (Å²) < 4.78 is 10.4. The summed E-state index contributed by atoms with van der Waals surface area (Å²) >= 11 is 1.42. The fourth-order valence-corrected chi connectivity index (χ4v) is 2.23. The first-order valence-corrected chi connectivity index (χ1v) is 6.57. The molecule has 1 rings (SSSR count). The van der Waals surface area contributed by atoms with Gasteiger partial charge in [-0.3, -0.25) is 4.79 Å². The molecule has 5 nitrogen and oxygen atoms in total. The van der Waals surface area contributed by atoms with Crippen LogP contribution in [0.4, 0.5) is 0 Å². The van der Waals surface area contributed by atoms with Gasteiger partial charge in [-0.15, -0.1) is 0 Å². The van der Waals surface area contributed by atoms with Crippen molar-refractivity contribution in [2.75, 3.05) is 25.7 Å². The average Bonchev–Trinajstić information content (AvgIpc) is 2.37. The molecule has 4 N–H and O–H groups in total. The van der Waals surface area contributed by atoms with Crippen LogP contribution in [0.15, 0.2) is 18.2 Å². The van der Waals surface area contributed by atoms with E-state index < -0.39 is 0 Å². The highest BCUT2D eigenvalue weighted by Gasteiger charge is 2.11. The molecule has 0 fully saturated rings. The maximum Gasteiger partial charge on any atom is 0.227 e. The molecule has 0 saturated carbocycles. The SMILES string of the molecule is COc1ccc(C(N)CSCC(N)=O)cc1OC. The number of rotatable bonds is 7. The van der Waals surface area contributed by atoms with Gasteiger partial charge in [0.1, 0.15) is 0 Å². The lowest BCUT2D eigenvalue weighted by Gasteiger charge is -2.14. The standard InChI is InChI=1S/C12H18N2O3S/c1-16-10-4-3-8(5-11(10)17-2)9(13)6-18-7-12(14)15/h3-5,9H,6-7,13H2,1-2H3,(H2,14,15). The molecule has 1 amide bonds. The van der Waals surface area contributed by atoms with Crippen molar-refractivity contribution >= 4 is 17.7 Å². The molecule has 1 unspecified atom stereocenters. The van der Waals surface area contributed by atoms with Gasteiger partial charge in [0.15, 0.2) is 11.5 Å². The fraction of sp³-hybridized carbons (Fsp3) is 0.417. The number of ether oxygens (including phenoxy) is 2. The van der Waals surface area contributed by atoms with E-state index in [1.165, 1.54) is 11.8 Å². The van der Waals surface area contributed by atoms with Crippen LogP contribution in [0.25, 0.3) is 0 Å². The minimum atomic E-state index is -0.334. The van der Waals surface area contributed by atoms with Crippen molar-refractivity contribution in [2.45, 2.75) is 6.04 Å². The number of thioether (sulfide) groups is 1. The van der Waals surface area contributed by atoms with Crippen LogP contribution < -0.4 is 20.9 Å². The Morgan fingerprint density at radius 3 is 2.56 bits per heavy atom. The Kier molecular flexibility index (Phi) is 5.80. The summed E-state index contributed by atoms with van der Waals surface area (Å²) in [6.07, 6.45) is 0. The Labute approximate surface area is 111 Å². The molecule has 0 radical (unpaired) electrons. The van der Waals surface area contributed by atoms with Crippen LogP contribution in [-0.2, 0) is 4.79 Å². The van der Waals surface area contributed by atoms with E-state index in [1.54, 1.807) is 14.2 Å². The second-order valence-electron chi connectivity index (χ2n) is 3.70. The van der Waals surface area contributed by atoms with Gasteiger partial charge in [0.2, 0.25) is 5.91 Å². The molecule has 100 valence electrons. The van der Waals surface area contributed by atoms with Crippen LogP contribution in [0, 0.1) is 0 Å². The number of amides is 1. The second kappa shape index (κ2) is 7.13. The van der Waals surface area contributed by atoms with E-state index >= 15 is 0 Å². The molecule has 1 aromatic carbocycles. The lowest BCUT2D eigenvalue weighted by Crippen LogP contribution is -2.17. The van der Waals surface area contributed by atoms with Gasteiger partial charge >= 0.3 is 0 Å². The minimum Gasteiger partial charge on any atom is -0.493 e. The van der Waals surface area contributed by atoms with Gasteiger partial charge in [0, 0.05) is 11.8 Å². The Morgan fingerprint density at radius 2 is 2.00 bits per heavy atom. The van der Waals surface area contributed by atoms with E-state index in [1.807, 2.05) is 18.2 Å². The number of benzene rings is 1. The first kappa shape index (κ1) is 14.7. The van der Waals surface area contributed by atoms with E-state index in [4.69, 9.17) is 20.9 Å². The summed E-state index contributed by atoms with van der Waals surface area (Å²) in [7, 11) is 3.16. The molecule has 6 heteroatoms. The van der Waals surface area contributed by atoms with Gasteiger partial charge in [-0.2, -0.15) is 11.8 Å². The van der Waals surface area contributed by atoms with Gasteiger partial charge in [0.25, 0.3) is 0 Å². The molecular weight excluding hydrogens is 252 g/mol. The van der Waals surface area contributed by atoms with Crippen LogP contribution in [0.1, 0.15) is 11.6 Å². The van der Waals surface area contributed by atoms with Crippen molar-refractivity contribution in [3.63, 3.8) is 0 Å². The van der Waals surface area contributed by atoms with Crippen LogP contribution in [0.5, 0.6) is 11.5 Å². The molecule has 0 aliphatic carbocycles. The molecule has 1 aromatic rings. The van der Waals surface area contributed by atoms with Gasteiger partial charge in [-0.25, -0.2) is 0 Å². The van der Waals surface area contributed by atoms with Crippen molar-refractivity contribution in [1.29, 1.82) is 0 Å². The predicted octanol–water partition coefficient (Wildman–Crippen LogP) is 0.922. The van der Waals surface area contributed by atoms with Crippen molar-refractivity contribution in [1.82, 2.24) is 0 Å². The van der Waals surface area contributed by atoms with Crippen LogP contribution >= 0.6 is 11.8 Å². The van der Waals surface area contributed by atoms with Crippen LogP contribution in [0.2, 0.25) is 0 Å². The maximum absolute atomic E-state index is 10.6. The highest BCUT2D eigenvalue weighted by molar-refractivity contribution is 7.99. The average molecular weight is 270 g/mol. The zero-order valence-corrected chi connectivity index (χ0v) is 11.3. The summed E-state index contributed by atoms with van der Waals surface area (Å²) in [6.45, 7) is 0. The van der Waals surface area contributed by atoms with Gasteiger partial charge in [0.05, 0.1) is 20.0 Å². The number of methoxy groups -OCH3 is 2. The summed E-state index contributed by atoms with van der Waals surface area (Å²) in [5.41, 5.74) is 12.0. The lowest BCUT2D eigenvalue weighted by molar-refractivity contribution is -0.115. The van der Waals surface area contributed by atoms with E-state index in [-0.39, 0.29) is 17.7 Å². The van der Waals surface area contributed by atoms with Crippen LogP contribution in [0.3, 0.4) is 0 Å². The first-order valence-electron chi connectivity index (χ1n) is 5.42. The summed E-state index contributed by atoms with van der Waals surface area (Å²) in [5.74, 6) is 1.88. The summed E-state index contributed by atoms with van der Waals surface area (Å²) in [6, 6.07) is 5.37. The third-order valence-corrected chi connectivity index (χ3v) is 3.46. The fourth-order valence-electron chi connectivity index (χ4n) is 1.47. The first-order chi connectivity index (χ1) is 8.58. The smallest absolute Gasteiger partial charge is 0.227 e. The van der Waals surface area contributed by atoms with Crippen molar-refractivity contribution < 1.29 is 14.3 Å². The molecule has 0 heterocycles. The number of primary amides is 1. The Morgan fingerprint density at radius 1 is 1.33 bits per heavy atom. The molecule has 0 aliphatic rings. The predicted molar refractivity (Wildman–Crippen MR) is 73.0 cm³/mol. The zero-order chi connectivity index (χ0) is 13.5. The number of hydrogen-bond donors (Lipinski definition) is 2. The van der Waals surface area contributed by atoms with Crippen LogP contribution in [-0.4, -0.2) is 31.6 Å². The van der Waals surface area contributed by atoms with Crippen molar-refractivity contribution in [3.05, 3.63) is 23.8 Å². The Bertz CT molecular complexity index is 412. The number of nitrogens with two attached hydrogens (primary N) is 2. The molecule has 0 aromatic heterocycles. The third kappa shape index (κ3) is 4.12. The third-order valence-electron chi connectivity index (χ3n) is 2.38. The molecule has 0 spiro atoms. The quantitative estimate of drug-likeness (QED) is 0.769. The van der Waals surface area contributed by atoms with Gasteiger partial charge < -0.3 is 20.9 Å². The number of carbonyl (C=O) groups excluding carboxylic acids is 1. The Balaban J connectivity index is 2.67. The normalized spacial score (nSPS) is 11.9. The van der Waals surface area contributed by atoms with Gasteiger partial charge in [-0.05, 0) is 17.7 Å².